The highest BCUT2D eigenvalue weighted by Crippen LogP contribution is 2.22. The number of benzene rings is 1. The topological polar surface area (TPSA) is 46.5 Å². The SMILES string of the molecule is C=C(C)C(=O)Oc1ccc(O)c(C)c1. The van der Waals surface area contributed by atoms with Crippen LogP contribution in [0.2, 0.25) is 0 Å². The van der Waals surface area contributed by atoms with E-state index < -0.39 is 5.97 Å². The summed E-state index contributed by atoms with van der Waals surface area (Å²) in [7, 11) is 0. The van der Waals surface area contributed by atoms with Crippen molar-refractivity contribution in [1.29, 1.82) is 0 Å². The molecule has 1 rings (SSSR count). The van der Waals surface area contributed by atoms with E-state index in [1.807, 2.05) is 0 Å². The van der Waals surface area contributed by atoms with Gasteiger partial charge >= 0.3 is 5.97 Å². The van der Waals surface area contributed by atoms with E-state index in [2.05, 4.69) is 6.58 Å². The van der Waals surface area contributed by atoms with E-state index >= 15 is 0 Å². The molecule has 1 N–H and O–H groups in total. The average Bonchev–Trinajstić information content (AvgIpc) is 2.11. The van der Waals surface area contributed by atoms with E-state index in [-0.39, 0.29) is 5.75 Å². The van der Waals surface area contributed by atoms with Crippen molar-refractivity contribution in [2.75, 3.05) is 0 Å². The predicted molar refractivity (Wildman–Crippen MR) is 53.3 cm³/mol. The van der Waals surface area contributed by atoms with Gasteiger partial charge in [0.15, 0.2) is 0 Å². The molecule has 0 heterocycles. The van der Waals surface area contributed by atoms with Gasteiger partial charge < -0.3 is 9.84 Å². The minimum Gasteiger partial charge on any atom is -0.508 e. The molecular formula is C11H12O3. The minimum absolute atomic E-state index is 0.181. The van der Waals surface area contributed by atoms with Crippen LogP contribution in [-0.4, -0.2) is 11.1 Å². The number of ether oxygens (including phenoxy) is 1. The molecule has 0 saturated heterocycles. The molecule has 3 heteroatoms. The van der Waals surface area contributed by atoms with Gasteiger partial charge in [-0.05, 0) is 37.6 Å². The van der Waals surface area contributed by atoms with Crippen LogP contribution in [0.25, 0.3) is 0 Å². The quantitative estimate of drug-likeness (QED) is 0.444. The fourth-order valence-electron chi connectivity index (χ4n) is 0.886. The third-order valence-electron chi connectivity index (χ3n) is 1.73. The Morgan fingerprint density at radius 1 is 1.50 bits per heavy atom. The Kier molecular flexibility index (Phi) is 2.92. The second-order valence-electron chi connectivity index (χ2n) is 3.12. The van der Waals surface area contributed by atoms with Crippen molar-refractivity contribution < 1.29 is 14.6 Å². The molecule has 0 radical (unpaired) electrons. The molecule has 1 aromatic carbocycles. The molecule has 0 fully saturated rings. The number of rotatable bonds is 2. The Balaban J connectivity index is 2.83. The number of carbonyl (C=O) groups is 1. The lowest BCUT2D eigenvalue weighted by Crippen LogP contribution is -2.08. The van der Waals surface area contributed by atoms with Gasteiger partial charge in [0.25, 0.3) is 0 Å². The van der Waals surface area contributed by atoms with Crippen molar-refractivity contribution in [2.45, 2.75) is 13.8 Å². The highest BCUT2D eigenvalue weighted by atomic mass is 16.5. The molecule has 74 valence electrons. The third kappa shape index (κ3) is 2.36. The number of aryl methyl sites for hydroxylation is 1. The number of hydrogen-bond donors (Lipinski definition) is 1. The van der Waals surface area contributed by atoms with Crippen molar-refractivity contribution in [1.82, 2.24) is 0 Å². The second-order valence-corrected chi connectivity index (χ2v) is 3.12. The van der Waals surface area contributed by atoms with Gasteiger partial charge in [-0.15, -0.1) is 0 Å². The van der Waals surface area contributed by atoms with Gasteiger partial charge in [0.2, 0.25) is 0 Å². The van der Waals surface area contributed by atoms with Crippen LogP contribution in [0.3, 0.4) is 0 Å². The Bertz CT molecular complexity index is 380. The number of esters is 1. The molecule has 14 heavy (non-hydrogen) atoms. The van der Waals surface area contributed by atoms with E-state index in [1.54, 1.807) is 19.9 Å². The number of carbonyl (C=O) groups excluding carboxylic acids is 1. The van der Waals surface area contributed by atoms with Crippen LogP contribution in [-0.2, 0) is 4.79 Å². The molecule has 1 aromatic rings. The molecule has 0 aliphatic heterocycles. The van der Waals surface area contributed by atoms with Crippen LogP contribution < -0.4 is 4.74 Å². The van der Waals surface area contributed by atoms with Crippen LogP contribution in [0, 0.1) is 6.92 Å². The first kappa shape index (κ1) is 10.3. The first-order valence-corrected chi connectivity index (χ1v) is 4.18. The van der Waals surface area contributed by atoms with Gasteiger partial charge in [-0.25, -0.2) is 4.79 Å². The largest absolute Gasteiger partial charge is 0.508 e. The fourth-order valence-corrected chi connectivity index (χ4v) is 0.886. The first-order chi connectivity index (χ1) is 6.50. The second kappa shape index (κ2) is 3.96. The van der Waals surface area contributed by atoms with Crippen molar-refractivity contribution in [3.8, 4) is 11.5 Å². The van der Waals surface area contributed by atoms with E-state index in [1.165, 1.54) is 12.1 Å². The summed E-state index contributed by atoms with van der Waals surface area (Å²) in [5.41, 5.74) is 1.01. The van der Waals surface area contributed by atoms with Gasteiger partial charge in [-0.1, -0.05) is 6.58 Å². The molecule has 0 spiro atoms. The van der Waals surface area contributed by atoms with E-state index in [0.717, 1.165) is 0 Å². The Hall–Kier alpha value is -1.77. The van der Waals surface area contributed by atoms with E-state index in [0.29, 0.717) is 16.9 Å². The summed E-state index contributed by atoms with van der Waals surface area (Å²) >= 11 is 0. The van der Waals surface area contributed by atoms with Gasteiger partial charge in [-0.3, -0.25) is 0 Å². The van der Waals surface area contributed by atoms with Crippen molar-refractivity contribution in [3.63, 3.8) is 0 Å². The fraction of sp³-hybridized carbons (Fsp3) is 0.182. The van der Waals surface area contributed by atoms with Crippen molar-refractivity contribution in [2.24, 2.45) is 0 Å². The molecular weight excluding hydrogens is 180 g/mol. The molecule has 3 nitrogen and oxygen atoms in total. The average molecular weight is 192 g/mol. The zero-order chi connectivity index (χ0) is 10.7. The van der Waals surface area contributed by atoms with E-state index in [4.69, 9.17) is 4.74 Å². The van der Waals surface area contributed by atoms with Crippen LogP contribution >= 0.6 is 0 Å². The number of phenolic OH excluding ortho intramolecular Hbond substituents is 1. The van der Waals surface area contributed by atoms with Gasteiger partial charge in [0.05, 0.1) is 0 Å². The number of aromatic hydroxyl groups is 1. The Labute approximate surface area is 82.6 Å². The zero-order valence-corrected chi connectivity index (χ0v) is 8.20. The lowest BCUT2D eigenvalue weighted by molar-refractivity contribution is -0.130. The van der Waals surface area contributed by atoms with Gasteiger partial charge in [-0.2, -0.15) is 0 Å². The summed E-state index contributed by atoms with van der Waals surface area (Å²) < 4.78 is 4.96. The first-order valence-electron chi connectivity index (χ1n) is 4.18. The molecule has 0 atom stereocenters. The number of hydrogen-bond acceptors (Lipinski definition) is 3. The van der Waals surface area contributed by atoms with E-state index in [9.17, 15) is 9.90 Å². The molecule has 0 unspecified atom stereocenters. The molecule has 0 aromatic heterocycles. The summed E-state index contributed by atoms with van der Waals surface area (Å²) in [4.78, 5) is 11.1. The van der Waals surface area contributed by atoms with Crippen molar-refractivity contribution >= 4 is 5.97 Å². The summed E-state index contributed by atoms with van der Waals surface area (Å²) in [6, 6.07) is 4.61. The van der Waals surface area contributed by atoms with Gasteiger partial charge in [0, 0.05) is 5.57 Å². The molecule has 0 aliphatic rings. The monoisotopic (exact) mass is 192 g/mol. The maximum absolute atomic E-state index is 11.1. The maximum atomic E-state index is 11.1. The lowest BCUT2D eigenvalue weighted by atomic mass is 10.2. The normalized spacial score (nSPS) is 9.57. The molecule has 0 saturated carbocycles. The highest BCUT2D eigenvalue weighted by Gasteiger charge is 2.06. The predicted octanol–water partition coefficient (Wildman–Crippen LogP) is 2.18. The standard InChI is InChI=1S/C11H12O3/c1-7(2)11(13)14-9-4-5-10(12)8(3)6-9/h4-6,12H,1H2,2-3H3. The zero-order valence-electron chi connectivity index (χ0n) is 8.20. The summed E-state index contributed by atoms with van der Waals surface area (Å²) in [5.74, 6) is 0.128. The summed E-state index contributed by atoms with van der Waals surface area (Å²) in [6.07, 6.45) is 0. The van der Waals surface area contributed by atoms with Crippen LogP contribution in [0.5, 0.6) is 11.5 Å². The summed E-state index contributed by atoms with van der Waals surface area (Å²) in [6.45, 7) is 6.78. The molecule has 0 bridgehead atoms. The maximum Gasteiger partial charge on any atom is 0.338 e. The Morgan fingerprint density at radius 2 is 2.14 bits per heavy atom. The van der Waals surface area contributed by atoms with Crippen LogP contribution in [0.1, 0.15) is 12.5 Å². The van der Waals surface area contributed by atoms with Gasteiger partial charge in [0.1, 0.15) is 11.5 Å². The highest BCUT2D eigenvalue weighted by molar-refractivity contribution is 5.88. The Morgan fingerprint density at radius 3 is 2.64 bits per heavy atom. The van der Waals surface area contributed by atoms with Crippen molar-refractivity contribution in [3.05, 3.63) is 35.9 Å². The number of phenols is 1. The molecule has 0 amide bonds. The molecule has 0 aliphatic carbocycles. The van der Waals surface area contributed by atoms with Crippen LogP contribution in [0.4, 0.5) is 0 Å². The van der Waals surface area contributed by atoms with Crippen LogP contribution in [0.15, 0.2) is 30.4 Å². The third-order valence-corrected chi connectivity index (χ3v) is 1.73. The lowest BCUT2D eigenvalue weighted by Gasteiger charge is -2.05. The minimum atomic E-state index is -0.463. The summed E-state index contributed by atoms with van der Waals surface area (Å²) in [5, 5.41) is 9.23. The smallest absolute Gasteiger partial charge is 0.338 e.